The van der Waals surface area contributed by atoms with E-state index in [2.05, 4.69) is 5.10 Å². The summed E-state index contributed by atoms with van der Waals surface area (Å²) >= 11 is 6.12. The first kappa shape index (κ1) is 19.9. The fourth-order valence-electron chi connectivity index (χ4n) is 3.15. The normalized spacial score (nSPS) is 15.9. The van der Waals surface area contributed by atoms with Crippen LogP contribution in [0.25, 0.3) is 0 Å². The van der Waals surface area contributed by atoms with Gasteiger partial charge in [0.25, 0.3) is 0 Å². The van der Waals surface area contributed by atoms with E-state index in [0.29, 0.717) is 36.9 Å². The summed E-state index contributed by atoms with van der Waals surface area (Å²) in [6.07, 6.45) is 0. The van der Waals surface area contributed by atoms with E-state index in [4.69, 9.17) is 11.6 Å². The molecule has 0 unspecified atom stereocenters. The molecule has 9 heteroatoms. The number of hydrogen-bond acceptors (Lipinski definition) is 4. The molecule has 1 aromatic heterocycles. The maximum Gasteiger partial charge on any atom is 0.244 e. The van der Waals surface area contributed by atoms with E-state index in [9.17, 15) is 13.2 Å². The molecule has 2 heterocycles. The van der Waals surface area contributed by atoms with Gasteiger partial charge in [-0.25, -0.2) is 8.42 Å². The van der Waals surface area contributed by atoms with Crippen LogP contribution in [0, 0.1) is 13.8 Å². The number of aryl methyl sites for hydroxylation is 1. The molecule has 2 aromatic rings. The third kappa shape index (κ3) is 4.51. The van der Waals surface area contributed by atoms with Crippen LogP contribution >= 0.6 is 11.6 Å². The maximum absolute atomic E-state index is 12.6. The van der Waals surface area contributed by atoms with Crippen LogP contribution in [0.15, 0.2) is 30.3 Å². The zero-order valence-corrected chi connectivity index (χ0v) is 17.0. The van der Waals surface area contributed by atoms with Crippen LogP contribution in [0.3, 0.4) is 0 Å². The number of aromatic nitrogens is 2. The average molecular weight is 411 g/mol. The monoisotopic (exact) mass is 410 g/mol. The molecule has 7 nitrogen and oxygen atoms in total. The molecule has 1 aliphatic heterocycles. The number of carbonyl (C=O) groups is 1. The Morgan fingerprint density at radius 1 is 1.11 bits per heavy atom. The number of amides is 1. The van der Waals surface area contributed by atoms with E-state index >= 15 is 0 Å². The van der Waals surface area contributed by atoms with Gasteiger partial charge in [-0.3, -0.25) is 9.48 Å². The Kier molecular flexibility index (Phi) is 5.88. The molecule has 1 fully saturated rings. The van der Waals surface area contributed by atoms with Crippen LogP contribution < -0.4 is 0 Å². The van der Waals surface area contributed by atoms with Crippen molar-refractivity contribution in [3.05, 3.63) is 52.3 Å². The molecular formula is C18H23ClN4O3S. The lowest BCUT2D eigenvalue weighted by Crippen LogP contribution is -2.51. The number of sulfonamides is 1. The predicted octanol–water partition coefficient (Wildman–Crippen LogP) is 1.83. The van der Waals surface area contributed by atoms with Crippen molar-refractivity contribution in [3.8, 4) is 0 Å². The van der Waals surface area contributed by atoms with Crippen LogP contribution in [0.1, 0.15) is 17.0 Å². The van der Waals surface area contributed by atoms with E-state index in [-0.39, 0.29) is 18.2 Å². The highest BCUT2D eigenvalue weighted by atomic mass is 35.5. The lowest BCUT2D eigenvalue weighted by Gasteiger charge is -2.34. The second kappa shape index (κ2) is 8.00. The van der Waals surface area contributed by atoms with E-state index in [1.54, 1.807) is 28.6 Å². The van der Waals surface area contributed by atoms with Crippen LogP contribution in [0.4, 0.5) is 0 Å². The van der Waals surface area contributed by atoms with Crippen molar-refractivity contribution in [2.75, 3.05) is 26.2 Å². The van der Waals surface area contributed by atoms with Crippen LogP contribution in [0.5, 0.6) is 0 Å². The summed E-state index contributed by atoms with van der Waals surface area (Å²) < 4.78 is 28.3. The minimum Gasteiger partial charge on any atom is -0.338 e. The number of benzene rings is 1. The van der Waals surface area contributed by atoms with Crippen molar-refractivity contribution in [1.29, 1.82) is 0 Å². The van der Waals surface area contributed by atoms with Crippen LogP contribution in [-0.4, -0.2) is 59.5 Å². The van der Waals surface area contributed by atoms with Crippen molar-refractivity contribution in [1.82, 2.24) is 19.0 Å². The summed E-state index contributed by atoms with van der Waals surface area (Å²) in [5.74, 6) is -0.108. The molecule has 0 aliphatic carbocycles. The van der Waals surface area contributed by atoms with E-state index in [0.717, 1.165) is 11.3 Å². The first-order chi connectivity index (χ1) is 12.8. The number of carbonyl (C=O) groups excluding carboxylic acids is 1. The smallest absolute Gasteiger partial charge is 0.244 e. The molecule has 27 heavy (non-hydrogen) atoms. The number of nitrogens with zero attached hydrogens (tertiary/aromatic N) is 4. The molecule has 1 saturated heterocycles. The van der Waals surface area contributed by atoms with Crippen LogP contribution in [-0.2, 0) is 27.1 Å². The highest BCUT2D eigenvalue weighted by Crippen LogP contribution is 2.19. The van der Waals surface area contributed by atoms with Gasteiger partial charge in [0.1, 0.15) is 6.54 Å². The topological polar surface area (TPSA) is 75.5 Å². The second-order valence-electron chi connectivity index (χ2n) is 6.66. The molecule has 1 amide bonds. The Morgan fingerprint density at radius 2 is 1.74 bits per heavy atom. The van der Waals surface area contributed by atoms with E-state index in [1.165, 1.54) is 4.31 Å². The number of rotatable bonds is 5. The summed E-state index contributed by atoms with van der Waals surface area (Å²) in [6.45, 7) is 5.09. The van der Waals surface area contributed by atoms with Gasteiger partial charge in [-0.1, -0.05) is 41.9 Å². The van der Waals surface area contributed by atoms with Gasteiger partial charge in [-0.2, -0.15) is 9.40 Å². The minimum absolute atomic E-state index is 0.0218. The highest BCUT2D eigenvalue weighted by Gasteiger charge is 2.29. The predicted molar refractivity (Wildman–Crippen MR) is 104 cm³/mol. The Hall–Kier alpha value is -1.90. The van der Waals surface area contributed by atoms with Gasteiger partial charge in [0.15, 0.2) is 0 Å². The molecule has 1 aromatic carbocycles. The third-order valence-corrected chi connectivity index (χ3v) is 7.15. The largest absolute Gasteiger partial charge is 0.338 e. The summed E-state index contributed by atoms with van der Waals surface area (Å²) in [7, 11) is -3.39. The number of halogens is 1. The van der Waals surface area contributed by atoms with Crippen molar-refractivity contribution in [2.24, 2.45) is 0 Å². The average Bonchev–Trinajstić information content (AvgIpc) is 2.89. The summed E-state index contributed by atoms with van der Waals surface area (Å²) in [5.41, 5.74) is 2.21. The van der Waals surface area contributed by atoms with Gasteiger partial charge in [0, 0.05) is 26.2 Å². The van der Waals surface area contributed by atoms with Gasteiger partial charge in [-0.05, 0) is 19.4 Å². The summed E-state index contributed by atoms with van der Waals surface area (Å²) in [5, 5.41) is 4.85. The van der Waals surface area contributed by atoms with Gasteiger partial charge in [-0.15, -0.1) is 0 Å². The van der Waals surface area contributed by atoms with Crippen LogP contribution in [0.2, 0.25) is 5.02 Å². The van der Waals surface area contributed by atoms with E-state index in [1.807, 2.05) is 25.1 Å². The molecule has 0 atom stereocenters. The molecule has 0 N–H and O–H groups in total. The van der Waals surface area contributed by atoms with Gasteiger partial charge >= 0.3 is 0 Å². The number of piperazine rings is 1. The SMILES string of the molecule is Cc1nn(CC(=O)N2CCN(S(=O)(=O)Cc3ccccc3)CC2)c(C)c1Cl. The van der Waals surface area contributed by atoms with Gasteiger partial charge in [0.05, 0.1) is 22.2 Å². The fourth-order valence-corrected chi connectivity index (χ4v) is 4.80. The number of hydrogen-bond donors (Lipinski definition) is 0. The molecule has 3 rings (SSSR count). The van der Waals surface area contributed by atoms with Crippen molar-refractivity contribution in [3.63, 3.8) is 0 Å². The lowest BCUT2D eigenvalue weighted by atomic mass is 10.2. The first-order valence-corrected chi connectivity index (χ1v) is 10.8. The Morgan fingerprint density at radius 3 is 2.30 bits per heavy atom. The molecule has 1 aliphatic rings. The molecule has 0 radical (unpaired) electrons. The summed E-state index contributed by atoms with van der Waals surface area (Å²) in [4.78, 5) is 14.2. The Labute approximate surface area is 164 Å². The fraction of sp³-hybridized carbons (Fsp3) is 0.444. The quantitative estimate of drug-likeness (QED) is 0.753. The zero-order chi connectivity index (χ0) is 19.6. The van der Waals surface area contributed by atoms with Gasteiger partial charge in [0.2, 0.25) is 15.9 Å². The summed E-state index contributed by atoms with van der Waals surface area (Å²) in [6, 6.07) is 9.11. The first-order valence-electron chi connectivity index (χ1n) is 8.77. The molecule has 146 valence electrons. The van der Waals surface area contributed by atoms with E-state index < -0.39 is 10.0 Å². The molecular weight excluding hydrogens is 388 g/mol. The lowest BCUT2D eigenvalue weighted by molar-refractivity contribution is -0.133. The Bertz CT molecular complexity index is 920. The maximum atomic E-state index is 12.6. The minimum atomic E-state index is -3.39. The van der Waals surface area contributed by atoms with Crippen molar-refractivity contribution < 1.29 is 13.2 Å². The molecule has 0 bridgehead atoms. The molecule has 0 spiro atoms. The third-order valence-electron chi connectivity index (χ3n) is 4.75. The Balaban J connectivity index is 1.58. The second-order valence-corrected chi connectivity index (χ2v) is 9.01. The highest BCUT2D eigenvalue weighted by molar-refractivity contribution is 7.88. The van der Waals surface area contributed by atoms with Gasteiger partial charge < -0.3 is 4.90 Å². The zero-order valence-electron chi connectivity index (χ0n) is 15.4. The van der Waals surface area contributed by atoms with Crippen molar-refractivity contribution >= 4 is 27.5 Å². The standard InChI is InChI=1S/C18H23ClN4O3S/c1-14-18(19)15(2)23(20-14)12-17(24)21-8-10-22(11-9-21)27(25,26)13-16-6-4-3-5-7-16/h3-7H,8-13H2,1-2H3. The molecule has 0 saturated carbocycles. The van der Waals surface area contributed by atoms with Crippen molar-refractivity contribution in [2.45, 2.75) is 26.1 Å².